The maximum Gasteiger partial charge on any atom is 0.338 e. The van der Waals surface area contributed by atoms with Gasteiger partial charge >= 0.3 is 5.97 Å². The first-order valence-electron chi connectivity index (χ1n) is 11.6. The Hall–Kier alpha value is -3.68. The monoisotopic (exact) mass is 464 g/mol. The molecule has 0 radical (unpaired) electrons. The number of rotatable bonds is 7. The van der Waals surface area contributed by atoms with Crippen molar-refractivity contribution in [3.63, 3.8) is 0 Å². The zero-order valence-corrected chi connectivity index (χ0v) is 19.3. The summed E-state index contributed by atoms with van der Waals surface area (Å²) in [6.07, 6.45) is 2.41. The summed E-state index contributed by atoms with van der Waals surface area (Å²) in [6, 6.07) is 13.1. The average molecular weight is 465 g/mol. The number of ether oxygens (including phenoxy) is 2. The van der Waals surface area contributed by atoms with Crippen molar-refractivity contribution in [3.8, 4) is 5.75 Å². The molecule has 2 aromatic carbocycles. The van der Waals surface area contributed by atoms with E-state index >= 15 is 0 Å². The molecular weight excluding hydrogens is 436 g/mol. The molecule has 0 aromatic heterocycles. The molecule has 8 nitrogen and oxygen atoms in total. The number of imide groups is 1. The van der Waals surface area contributed by atoms with Crippen molar-refractivity contribution in [3.05, 3.63) is 54.1 Å². The maximum absolute atomic E-state index is 12.9. The van der Waals surface area contributed by atoms with Crippen LogP contribution in [-0.4, -0.2) is 36.9 Å². The average Bonchev–Trinajstić information content (AvgIpc) is 3.08. The minimum absolute atomic E-state index is 0.166. The molecule has 1 aliphatic carbocycles. The largest absolute Gasteiger partial charge is 0.492 e. The molecule has 2 aliphatic rings. The second-order valence-corrected chi connectivity index (χ2v) is 8.74. The highest BCUT2D eigenvalue weighted by Crippen LogP contribution is 2.42. The van der Waals surface area contributed by atoms with Crippen LogP contribution in [0.3, 0.4) is 0 Å². The normalized spacial score (nSPS) is 21.7. The first-order chi connectivity index (χ1) is 16.4. The number of para-hydroxylation sites is 2. The minimum atomic E-state index is -0.679. The van der Waals surface area contributed by atoms with Crippen LogP contribution in [-0.2, 0) is 19.1 Å². The number of nitrogens with zero attached hydrogens (tertiary/aromatic N) is 1. The van der Waals surface area contributed by atoms with Gasteiger partial charge in [-0.05, 0) is 68.5 Å². The second-order valence-electron chi connectivity index (χ2n) is 8.74. The van der Waals surface area contributed by atoms with Crippen LogP contribution in [0.2, 0.25) is 0 Å². The Labute approximate surface area is 198 Å². The lowest BCUT2D eigenvalue weighted by Crippen LogP contribution is -2.30. The fraction of sp³-hybridized carbons (Fsp3) is 0.385. The molecule has 2 aromatic rings. The molecule has 1 aliphatic heterocycles. The number of amides is 3. The number of hydrogen-bond donors (Lipinski definition) is 1. The van der Waals surface area contributed by atoms with Gasteiger partial charge in [0, 0.05) is 0 Å². The van der Waals surface area contributed by atoms with Gasteiger partial charge in [0.1, 0.15) is 5.75 Å². The molecule has 34 heavy (non-hydrogen) atoms. The van der Waals surface area contributed by atoms with Crippen molar-refractivity contribution in [2.24, 2.45) is 17.8 Å². The Bertz CT molecular complexity index is 1100. The van der Waals surface area contributed by atoms with Crippen LogP contribution in [0.4, 0.5) is 11.4 Å². The summed E-state index contributed by atoms with van der Waals surface area (Å²) < 4.78 is 10.6. The summed E-state index contributed by atoms with van der Waals surface area (Å²) in [6.45, 7) is 3.93. The molecule has 2 fully saturated rings. The highest BCUT2D eigenvalue weighted by atomic mass is 16.5. The van der Waals surface area contributed by atoms with Gasteiger partial charge in [-0.2, -0.15) is 0 Å². The molecule has 0 spiro atoms. The van der Waals surface area contributed by atoms with Crippen LogP contribution in [0.15, 0.2) is 48.5 Å². The van der Waals surface area contributed by atoms with Crippen molar-refractivity contribution < 1.29 is 28.7 Å². The van der Waals surface area contributed by atoms with E-state index in [-0.39, 0.29) is 29.2 Å². The highest BCUT2D eigenvalue weighted by molar-refractivity contribution is 6.22. The van der Waals surface area contributed by atoms with E-state index in [2.05, 4.69) is 12.2 Å². The predicted octanol–water partition coefficient (Wildman–Crippen LogP) is 3.81. The number of benzene rings is 2. The topological polar surface area (TPSA) is 102 Å². The van der Waals surface area contributed by atoms with Gasteiger partial charge in [0.15, 0.2) is 6.61 Å². The molecule has 3 atom stereocenters. The molecule has 1 heterocycles. The molecule has 3 amide bonds. The van der Waals surface area contributed by atoms with Crippen molar-refractivity contribution in [2.75, 3.05) is 23.4 Å². The van der Waals surface area contributed by atoms with Gasteiger partial charge in [0.25, 0.3) is 5.91 Å². The Morgan fingerprint density at radius 3 is 2.44 bits per heavy atom. The van der Waals surface area contributed by atoms with Crippen molar-refractivity contribution in [1.82, 2.24) is 0 Å². The molecule has 4 rings (SSSR count). The SMILES string of the molecule is CCOc1ccccc1NC(=O)COC(=O)c1ccc(N2C(=O)[C@@H]3CC[C@H](C)C[C@H]3C2=O)cc1. The molecule has 1 saturated heterocycles. The Morgan fingerprint density at radius 1 is 1.00 bits per heavy atom. The standard InChI is InChI=1S/C26H28N2O6/c1-3-33-22-7-5-4-6-21(22)27-23(29)15-34-26(32)17-9-11-18(12-10-17)28-24(30)19-13-8-16(2)14-20(19)25(28)31/h4-7,9-12,16,19-20H,3,8,13-15H2,1-2H3,(H,27,29)/t16-,19+,20+/m0/s1. The van der Waals surface area contributed by atoms with Gasteiger partial charge < -0.3 is 14.8 Å². The fourth-order valence-corrected chi connectivity index (χ4v) is 4.64. The Kier molecular flexibility index (Phi) is 6.95. The lowest BCUT2D eigenvalue weighted by molar-refractivity contribution is -0.122. The number of anilines is 2. The molecule has 1 N–H and O–H groups in total. The van der Waals surface area contributed by atoms with E-state index in [1.54, 1.807) is 36.4 Å². The number of hydrogen-bond acceptors (Lipinski definition) is 6. The second kappa shape index (κ2) is 10.1. The van der Waals surface area contributed by atoms with Crippen LogP contribution in [0, 0.1) is 17.8 Å². The number of esters is 1. The van der Waals surface area contributed by atoms with E-state index in [4.69, 9.17) is 9.47 Å². The molecule has 178 valence electrons. The van der Waals surface area contributed by atoms with E-state index in [9.17, 15) is 19.2 Å². The van der Waals surface area contributed by atoms with Gasteiger partial charge in [-0.25, -0.2) is 4.79 Å². The number of carbonyl (C=O) groups excluding carboxylic acids is 4. The third-order valence-electron chi connectivity index (χ3n) is 6.34. The van der Waals surface area contributed by atoms with E-state index in [0.717, 1.165) is 19.3 Å². The minimum Gasteiger partial charge on any atom is -0.492 e. The number of fused-ring (bicyclic) bond motifs is 1. The van der Waals surface area contributed by atoms with E-state index < -0.39 is 18.5 Å². The van der Waals surface area contributed by atoms with Gasteiger partial charge in [-0.1, -0.05) is 19.1 Å². The molecular formula is C26H28N2O6. The van der Waals surface area contributed by atoms with E-state index in [0.29, 0.717) is 29.6 Å². The Morgan fingerprint density at radius 2 is 1.71 bits per heavy atom. The fourth-order valence-electron chi connectivity index (χ4n) is 4.64. The van der Waals surface area contributed by atoms with Crippen LogP contribution in [0.1, 0.15) is 43.5 Å². The van der Waals surface area contributed by atoms with Crippen molar-refractivity contribution in [2.45, 2.75) is 33.1 Å². The number of carbonyl (C=O) groups is 4. The molecule has 8 heteroatoms. The zero-order valence-electron chi connectivity index (χ0n) is 19.3. The smallest absolute Gasteiger partial charge is 0.338 e. The number of nitrogens with one attached hydrogen (secondary N) is 1. The third kappa shape index (κ3) is 4.81. The summed E-state index contributed by atoms with van der Waals surface area (Å²) in [7, 11) is 0. The maximum atomic E-state index is 12.9. The summed E-state index contributed by atoms with van der Waals surface area (Å²) in [5, 5.41) is 2.66. The lowest BCUT2D eigenvalue weighted by Gasteiger charge is -2.25. The van der Waals surface area contributed by atoms with E-state index in [1.165, 1.54) is 17.0 Å². The van der Waals surface area contributed by atoms with Gasteiger partial charge in [-0.3, -0.25) is 19.3 Å². The molecule has 0 bridgehead atoms. The van der Waals surface area contributed by atoms with Crippen LogP contribution in [0.25, 0.3) is 0 Å². The van der Waals surface area contributed by atoms with Gasteiger partial charge in [0.05, 0.1) is 35.4 Å². The van der Waals surface area contributed by atoms with Crippen molar-refractivity contribution >= 4 is 35.1 Å². The van der Waals surface area contributed by atoms with Crippen LogP contribution in [0.5, 0.6) is 5.75 Å². The summed E-state index contributed by atoms with van der Waals surface area (Å²) in [5.74, 6) is -1.06. The van der Waals surface area contributed by atoms with Crippen LogP contribution >= 0.6 is 0 Å². The summed E-state index contributed by atoms with van der Waals surface area (Å²) >= 11 is 0. The highest BCUT2D eigenvalue weighted by Gasteiger charge is 2.49. The quantitative estimate of drug-likeness (QED) is 0.494. The van der Waals surface area contributed by atoms with Gasteiger partial charge in [-0.15, -0.1) is 0 Å². The zero-order chi connectivity index (χ0) is 24.2. The van der Waals surface area contributed by atoms with E-state index in [1.807, 2.05) is 6.92 Å². The summed E-state index contributed by atoms with van der Waals surface area (Å²) in [5.41, 5.74) is 1.15. The first kappa shape index (κ1) is 23.5. The Balaban J connectivity index is 1.35. The van der Waals surface area contributed by atoms with Crippen LogP contribution < -0.4 is 15.0 Å². The molecule has 1 saturated carbocycles. The third-order valence-corrected chi connectivity index (χ3v) is 6.34. The first-order valence-corrected chi connectivity index (χ1v) is 11.6. The lowest BCUT2D eigenvalue weighted by atomic mass is 9.76. The van der Waals surface area contributed by atoms with Gasteiger partial charge in [0.2, 0.25) is 11.8 Å². The van der Waals surface area contributed by atoms with Crippen molar-refractivity contribution in [1.29, 1.82) is 0 Å². The predicted molar refractivity (Wildman–Crippen MR) is 125 cm³/mol. The molecule has 0 unspecified atom stereocenters. The summed E-state index contributed by atoms with van der Waals surface area (Å²) in [4.78, 5) is 51.6.